The van der Waals surface area contributed by atoms with Crippen LogP contribution in [0.1, 0.15) is 27.7 Å². The van der Waals surface area contributed by atoms with Gasteiger partial charge in [0.2, 0.25) is 0 Å². The molecule has 1 aromatic rings. The molecule has 1 heterocycles. The van der Waals surface area contributed by atoms with Crippen LogP contribution >= 0.6 is 7.14 Å². The highest BCUT2D eigenvalue weighted by Crippen LogP contribution is 2.55. The average Bonchev–Trinajstić information content (AvgIpc) is 2.26. The van der Waals surface area contributed by atoms with Crippen LogP contribution in [-0.4, -0.2) is 33.7 Å². The smallest absolute Gasteiger partial charge is 0.119 e. The van der Waals surface area contributed by atoms with Gasteiger partial charge < -0.3 is 9.77 Å². The number of hydrogen-bond acceptors (Lipinski definition) is 3. The second-order valence-electron chi connectivity index (χ2n) is 6.48. The van der Waals surface area contributed by atoms with Gasteiger partial charge in [0.25, 0.3) is 0 Å². The van der Waals surface area contributed by atoms with Crippen LogP contribution in [0.3, 0.4) is 0 Å². The summed E-state index contributed by atoms with van der Waals surface area (Å²) in [4.78, 5) is 0. The zero-order valence-corrected chi connectivity index (χ0v) is 12.4. The molecule has 0 radical (unpaired) electrons. The monoisotopic (exact) mass is 267 g/mol. The molecule has 1 saturated heterocycles. The summed E-state index contributed by atoms with van der Waals surface area (Å²) in [6.45, 7) is 7.79. The number of rotatable bonds is 1. The first-order valence-electron chi connectivity index (χ1n) is 6.30. The molecular formula is C14H22NO2P. The van der Waals surface area contributed by atoms with Crippen molar-refractivity contribution >= 4 is 12.4 Å². The quantitative estimate of drug-likeness (QED) is 0.795. The first kappa shape index (κ1) is 13.8. The highest BCUT2D eigenvalue weighted by Gasteiger charge is 2.50. The lowest BCUT2D eigenvalue weighted by molar-refractivity contribution is -0.214. The summed E-state index contributed by atoms with van der Waals surface area (Å²) in [5.41, 5.74) is -0.930. The van der Waals surface area contributed by atoms with Crippen LogP contribution in [0, 0.1) is 0 Å². The summed E-state index contributed by atoms with van der Waals surface area (Å²) in [5.74, 6) is 0. The van der Waals surface area contributed by atoms with Crippen molar-refractivity contribution in [3.05, 3.63) is 30.3 Å². The van der Waals surface area contributed by atoms with Gasteiger partial charge in [-0.15, -0.1) is 0 Å². The van der Waals surface area contributed by atoms with E-state index < -0.39 is 18.2 Å². The third kappa shape index (κ3) is 2.27. The molecule has 0 aliphatic carbocycles. The molecule has 0 aromatic heterocycles. The second kappa shape index (κ2) is 4.19. The molecule has 2 rings (SSSR count). The van der Waals surface area contributed by atoms with Gasteiger partial charge in [-0.1, -0.05) is 30.3 Å². The predicted octanol–water partition coefficient (Wildman–Crippen LogP) is 2.94. The van der Waals surface area contributed by atoms with Gasteiger partial charge in [0.05, 0.1) is 0 Å². The molecule has 1 fully saturated rings. The van der Waals surface area contributed by atoms with E-state index in [1.165, 1.54) is 5.06 Å². The van der Waals surface area contributed by atoms with E-state index >= 15 is 0 Å². The molecule has 0 atom stereocenters. The minimum absolute atomic E-state index is 0.465. The van der Waals surface area contributed by atoms with E-state index in [1.54, 1.807) is 0 Å². The number of hydroxylamine groups is 2. The van der Waals surface area contributed by atoms with Crippen molar-refractivity contribution in [1.29, 1.82) is 0 Å². The SMILES string of the molecule is CC1(C)CP(=O)(c2ccccc2)CC(C)(C)N1O. The molecule has 0 saturated carbocycles. The first-order chi connectivity index (χ1) is 8.17. The van der Waals surface area contributed by atoms with Gasteiger partial charge in [0, 0.05) is 28.7 Å². The van der Waals surface area contributed by atoms with Gasteiger partial charge in [-0.2, -0.15) is 5.06 Å². The molecule has 0 spiro atoms. The number of hydrogen-bond donors (Lipinski definition) is 1. The molecule has 0 unspecified atom stereocenters. The van der Waals surface area contributed by atoms with E-state index in [-0.39, 0.29) is 0 Å². The van der Waals surface area contributed by atoms with Crippen molar-refractivity contribution < 1.29 is 9.77 Å². The first-order valence-corrected chi connectivity index (χ1v) is 8.38. The molecular weight excluding hydrogens is 245 g/mol. The minimum Gasteiger partial charge on any atom is -0.318 e. The molecule has 18 heavy (non-hydrogen) atoms. The van der Waals surface area contributed by atoms with Crippen molar-refractivity contribution in [2.75, 3.05) is 12.3 Å². The molecule has 1 aromatic carbocycles. The topological polar surface area (TPSA) is 40.5 Å². The Labute approximate surface area is 109 Å². The van der Waals surface area contributed by atoms with Gasteiger partial charge >= 0.3 is 0 Å². The fourth-order valence-electron chi connectivity index (χ4n) is 3.14. The van der Waals surface area contributed by atoms with Crippen LogP contribution in [0.15, 0.2) is 30.3 Å². The van der Waals surface area contributed by atoms with Crippen molar-refractivity contribution in [3.8, 4) is 0 Å². The zero-order valence-electron chi connectivity index (χ0n) is 11.6. The molecule has 3 nitrogen and oxygen atoms in total. The molecule has 100 valence electrons. The van der Waals surface area contributed by atoms with Gasteiger partial charge in [0.1, 0.15) is 7.14 Å². The molecule has 1 N–H and O–H groups in total. The highest BCUT2D eigenvalue weighted by atomic mass is 31.2. The molecule has 0 amide bonds. The summed E-state index contributed by atoms with van der Waals surface area (Å²) in [6.07, 6.45) is 1.04. The summed E-state index contributed by atoms with van der Waals surface area (Å²) in [6, 6.07) is 9.69. The third-order valence-corrected chi connectivity index (χ3v) is 7.47. The zero-order chi connectivity index (χ0) is 13.6. The van der Waals surface area contributed by atoms with Crippen molar-refractivity contribution in [1.82, 2.24) is 5.06 Å². The Bertz CT molecular complexity index is 460. The Morgan fingerprint density at radius 3 is 1.94 bits per heavy atom. The Kier molecular flexibility index (Phi) is 3.21. The predicted molar refractivity (Wildman–Crippen MR) is 75.2 cm³/mol. The van der Waals surface area contributed by atoms with E-state index in [2.05, 4.69) is 0 Å². The summed E-state index contributed by atoms with van der Waals surface area (Å²) >= 11 is 0. The van der Waals surface area contributed by atoms with E-state index in [0.717, 1.165) is 5.30 Å². The minimum atomic E-state index is -2.45. The van der Waals surface area contributed by atoms with E-state index in [9.17, 15) is 9.77 Å². The lowest BCUT2D eigenvalue weighted by Gasteiger charge is -2.51. The van der Waals surface area contributed by atoms with Crippen LogP contribution in [0.25, 0.3) is 0 Å². The maximum Gasteiger partial charge on any atom is 0.119 e. The van der Waals surface area contributed by atoms with Gasteiger partial charge in [0.15, 0.2) is 0 Å². The van der Waals surface area contributed by atoms with E-state index in [4.69, 9.17) is 0 Å². The normalized spacial score (nSPS) is 25.8. The summed E-state index contributed by atoms with van der Waals surface area (Å²) in [5, 5.41) is 12.6. The standard InChI is InChI=1S/C14H22NO2P/c1-13(2)10-18(17,11-14(3,4)15(13)16)12-8-6-5-7-9-12/h5-9,16H,10-11H2,1-4H3. The molecule has 1 aliphatic rings. The maximum atomic E-state index is 13.3. The Morgan fingerprint density at radius 1 is 1.06 bits per heavy atom. The Morgan fingerprint density at radius 2 is 1.50 bits per heavy atom. The van der Waals surface area contributed by atoms with Crippen molar-refractivity contribution in [2.45, 2.75) is 38.8 Å². The van der Waals surface area contributed by atoms with Crippen LogP contribution in [0.5, 0.6) is 0 Å². The molecule has 1 aliphatic heterocycles. The van der Waals surface area contributed by atoms with E-state index in [0.29, 0.717) is 12.3 Å². The van der Waals surface area contributed by atoms with Crippen LogP contribution in [0.2, 0.25) is 0 Å². The number of benzene rings is 1. The van der Waals surface area contributed by atoms with Gasteiger partial charge in [-0.25, -0.2) is 0 Å². The van der Waals surface area contributed by atoms with Crippen LogP contribution < -0.4 is 5.30 Å². The van der Waals surface area contributed by atoms with Crippen LogP contribution in [0.4, 0.5) is 0 Å². The van der Waals surface area contributed by atoms with Gasteiger partial charge in [-0.05, 0) is 27.7 Å². The van der Waals surface area contributed by atoms with Gasteiger partial charge in [-0.3, -0.25) is 0 Å². The Balaban J connectivity index is 2.45. The van der Waals surface area contributed by atoms with Crippen molar-refractivity contribution in [2.24, 2.45) is 0 Å². The summed E-state index contributed by atoms with van der Waals surface area (Å²) in [7, 11) is -2.45. The highest BCUT2D eigenvalue weighted by molar-refractivity contribution is 7.71. The molecule has 4 heteroatoms. The lowest BCUT2D eigenvalue weighted by atomic mass is 9.99. The summed E-state index contributed by atoms with van der Waals surface area (Å²) < 4.78 is 13.3. The lowest BCUT2D eigenvalue weighted by Crippen LogP contribution is -2.61. The second-order valence-corrected chi connectivity index (χ2v) is 9.41. The fourth-order valence-corrected chi connectivity index (χ4v) is 7.10. The fraction of sp³-hybridized carbons (Fsp3) is 0.571. The average molecular weight is 267 g/mol. The third-order valence-electron chi connectivity index (χ3n) is 3.66. The number of nitrogens with zero attached hydrogens (tertiary/aromatic N) is 1. The largest absolute Gasteiger partial charge is 0.318 e. The maximum absolute atomic E-state index is 13.3. The van der Waals surface area contributed by atoms with Crippen LogP contribution in [-0.2, 0) is 4.57 Å². The molecule has 0 bridgehead atoms. The Hall–Kier alpha value is -0.630. The van der Waals surface area contributed by atoms with E-state index in [1.807, 2.05) is 58.0 Å². The van der Waals surface area contributed by atoms with Crippen molar-refractivity contribution in [3.63, 3.8) is 0 Å².